The third kappa shape index (κ3) is 3.05. The van der Waals surface area contributed by atoms with Crippen LogP contribution >= 0.6 is 0 Å². The van der Waals surface area contributed by atoms with E-state index in [2.05, 4.69) is 10.6 Å². The summed E-state index contributed by atoms with van der Waals surface area (Å²) in [6, 6.07) is 7.37. The van der Waals surface area contributed by atoms with E-state index in [0.717, 1.165) is 11.3 Å². The Kier molecular flexibility index (Phi) is 3.46. The number of rotatable bonds is 2. The highest BCUT2D eigenvalue weighted by Gasteiger charge is 2.37. The van der Waals surface area contributed by atoms with Crippen molar-refractivity contribution >= 4 is 17.7 Å². The van der Waals surface area contributed by atoms with Gasteiger partial charge >= 0.3 is 6.09 Å². The van der Waals surface area contributed by atoms with Crippen molar-refractivity contribution in [2.45, 2.75) is 26.8 Å². The van der Waals surface area contributed by atoms with Crippen molar-refractivity contribution in [3.63, 3.8) is 0 Å². The normalized spacial score (nSPS) is 21.2. The number of hydrogen-bond acceptors (Lipinski definition) is 3. The largest absolute Gasteiger partial charge is 0.449 e. The smallest absolute Gasteiger partial charge is 0.407 e. The van der Waals surface area contributed by atoms with Gasteiger partial charge in [0.25, 0.3) is 0 Å². The highest BCUT2D eigenvalue weighted by Crippen LogP contribution is 2.36. The van der Waals surface area contributed by atoms with E-state index in [0.29, 0.717) is 6.61 Å². The SMILES string of the molecule is CC(=O)Nc1ccc([C@@H]2NC(=O)OCC2(C)C)cc1. The molecule has 1 heterocycles. The second kappa shape index (κ2) is 4.91. The van der Waals surface area contributed by atoms with Crippen LogP contribution in [0.4, 0.5) is 10.5 Å². The van der Waals surface area contributed by atoms with Crippen molar-refractivity contribution in [2.24, 2.45) is 5.41 Å². The van der Waals surface area contributed by atoms with E-state index in [-0.39, 0.29) is 17.4 Å². The molecule has 0 aromatic heterocycles. The molecule has 19 heavy (non-hydrogen) atoms. The van der Waals surface area contributed by atoms with Gasteiger partial charge in [0, 0.05) is 18.0 Å². The predicted octanol–water partition coefficient (Wildman–Crippen LogP) is 2.45. The number of amides is 2. The molecule has 0 unspecified atom stereocenters. The quantitative estimate of drug-likeness (QED) is 0.860. The summed E-state index contributed by atoms with van der Waals surface area (Å²) in [4.78, 5) is 22.3. The molecule has 1 aromatic rings. The number of carbonyl (C=O) groups excluding carboxylic acids is 2. The van der Waals surface area contributed by atoms with Crippen molar-refractivity contribution in [3.8, 4) is 0 Å². The Labute approximate surface area is 112 Å². The molecule has 5 heteroatoms. The molecule has 1 saturated heterocycles. The van der Waals surface area contributed by atoms with E-state index in [9.17, 15) is 9.59 Å². The molecule has 1 aliphatic heterocycles. The number of hydrogen-bond donors (Lipinski definition) is 2. The van der Waals surface area contributed by atoms with Crippen LogP contribution in [0.2, 0.25) is 0 Å². The fourth-order valence-electron chi connectivity index (χ4n) is 2.19. The van der Waals surface area contributed by atoms with Gasteiger partial charge in [0.15, 0.2) is 0 Å². The Hall–Kier alpha value is -2.04. The summed E-state index contributed by atoms with van der Waals surface area (Å²) in [6.07, 6.45) is -0.393. The number of nitrogens with one attached hydrogen (secondary N) is 2. The lowest BCUT2D eigenvalue weighted by atomic mass is 9.80. The Morgan fingerprint density at radius 1 is 1.37 bits per heavy atom. The minimum Gasteiger partial charge on any atom is -0.449 e. The van der Waals surface area contributed by atoms with Crippen LogP contribution < -0.4 is 10.6 Å². The molecule has 5 nitrogen and oxygen atoms in total. The number of alkyl carbamates (subject to hydrolysis) is 1. The van der Waals surface area contributed by atoms with Gasteiger partial charge in [0.05, 0.1) is 6.04 Å². The molecule has 0 radical (unpaired) electrons. The van der Waals surface area contributed by atoms with Gasteiger partial charge in [-0.15, -0.1) is 0 Å². The van der Waals surface area contributed by atoms with Crippen molar-refractivity contribution < 1.29 is 14.3 Å². The van der Waals surface area contributed by atoms with E-state index in [1.165, 1.54) is 6.92 Å². The Morgan fingerprint density at radius 2 is 2.00 bits per heavy atom. The standard InChI is InChI=1S/C14H18N2O3/c1-9(17)15-11-6-4-10(5-7-11)12-14(2,3)8-19-13(18)16-12/h4-7,12H,8H2,1-3H3,(H,15,17)(H,16,18)/t12-/m0/s1. The van der Waals surface area contributed by atoms with Crippen molar-refractivity contribution in [3.05, 3.63) is 29.8 Å². The monoisotopic (exact) mass is 262 g/mol. The first-order valence-corrected chi connectivity index (χ1v) is 6.19. The molecule has 0 saturated carbocycles. The van der Waals surface area contributed by atoms with Gasteiger partial charge in [-0.25, -0.2) is 4.79 Å². The van der Waals surface area contributed by atoms with E-state index >= 15 is 0 Å². The molecule has 0 bridgehead atoms. The van der Waals surface area contributed by atoms with E-state index in [4.69, 9.17) is 4.74 Å². The molecule has 102 valence electrons. The summed E-state index contributed by atoms with van der Waals surface area (Å²) in [5.74, 6) is -0.104. The van der Waals surface area contributed by atoms with Crippen molar-refractivity contribution in [2.75, 3.05) is 11.9 Å². The summed E-state index contributed by atoms with van der Waals surface area (Å²) in [5, 5.41) is 5.55. The van der Waals surface area contributed by atoms with E-state index in [1.54, 1.807) is 0 Å². The minimum atomic E-state index is -0.393. The second-order valence-corrected chi connectivity index (χ2v) is 5.45. The summed E-state index contributed by atoms with van der Waals surface area (Å²) in [6.45, 7) is 5.93. The lowest BCUT2D eigenvalue weighted by Crippen LogP contribution is -2.46. The van der Waals surface area contributed by atoms with Crippen LogP contribution in [0.3, 0.4) is 0 Å². The maximum Gasteiger partial charge on any atom is 0.407 e. The van der Waals surface area contributed by atoms with Crippen LogP contribution in [0, 0.1) is 5.41 Å². The molecule has 1 fully saturated rings. The fraction of sp³-hybridized carbons (Fsp3) is 0.429. The molecule has 1 aliphatic rings. The van der Waals surface area contributed by atoms with Crippen LogP contribution in [0.15, 0.2) is 24.3 Å². The third-order valence-electron chi connectivity index (χ3n) is 3.18. The molecule has 1 aromatic carbocycles. The van der Waals surface area contributed by atoms with Gasteiger partial charge in [0.1, 0.15) is 6.61 Å². The molecule has 0 spiro atoms. The van der Waals surface area contributed by atoms with Gasteiger partial charge in [-0.2, -0.15) is 0 Å². The second-order valence-electron chi connectivity index (χ2n) is 5.45. The van der Waals surface area contributed by atoms with E-state index < -0.39 is 6.09 Å². The molecular formula is C14H18N2O3. The average Bonchev–Trinajstić information content (AvgIpc) is 2.33. The molecule has 2 N–H and O–H groups in total. The van der Waals surface area contributed by atoms with Gasteiger partial charge in [0.2, 0.25) is 5.91 Å². The Balaban J connectivity index is 2.20. The zero-order valence-corrected chi connectivity index (χ0v) is 11.3. The molecule has 2 rings (SSSR count). The van der Waals surface area contributed by atoms with Gasteiger partial charge in [-0.05, 0) is 17.7 Å². The fourth-order valence-corrected chi connectivity index (χ4v) is 2.19. The highest BCUT2D eigenvalue weighted by molar-refractivity contribution is 5.88. The first kappa shape index (κ1) is 13.4. The Bertz CT molecular complexity index is 494. The van der Waals surface area contributed by atoms with Gasteiger partial charge in [-0.1, -0.05) is 26.0 Å². The Morgan fingerprint density at radius 3 is 2.58 bits per heavy atom. The van der Waals surface area contributed by atoms with Crippen LogP contribution in [0.5, 0.6) is 0 Å². The van der Waals surface area contributed by atoms with Crippen LogP contribution in [0.1, 0.15) is 32.4 Å². The topological polar surface area (TPSA) is 67.4 Å². The van der Waals surface area contributed by atoms with Gasteiger partial charge in [-0.3, -0.25) is 4.79 Å². The number of benzene rings is 1. The maximum absolute atomic E-state index is 11.4. The summed E-state index contributed by atoms with van der Waals surface area (Å²) in [7, 11) is 0. The highest BCUT2D eigenvalue weighted by atomic mass is 16.6. The molecule has 2 amide bonds. The lowest BCUT2D eigenvalue weighted by Gasteiger charge is -2.38. The maximum atomic E-state index is 11.4. The van der Waals surface area contributed by atoms with Crippen LogP contribution in [-0.4, -0.2) is 18.6 Å². The predicted molar refractivity (Wildman–Crippen MR) is 71.8 cm³/mol. The first-order chi connectivity index (χ1) is 8.88. The lowest BCUT2D eigenvalue weighted by molar-refractivity contribution is -0.114. The molecule has 1 atom stereocenters. The van der Waals surface area contributed by atoms with Crippen molar-refractivity contribution in [1.29, 1.82) is 0 Å². The average molecular weight is 262 g/mol. The number of anilines is 1. The third-order valence-corrected chi connectivity index (χ3v) is 3.18. The van der Waals surface area contributed by atoms with Crippen LogP contribution in [-0.2, 0) is 9.53 Å². The zero-order chi connectivity index (χ0) is 14.0. The minimum absolute atomic E-state index is 0.0971. The molecular weight excluding hydrogens is 244 g/mol. The number of ether oxygens (including phenoxy) is 1. The van der Waals surface area contributed by atoms with Crippen LogP contribution in [0.25, 0.3) is 0 Å². The number of carbonyl (C=O) groups is 2. The summed E-state index contributed by atoms with van der Waals surface area (Å²) >= 11 is 0. The molecule has 0 aliphatic carbocycles. The van der Waals surface area contributed by atoms with Crippen molar-refractivity contribution in [1.82, 2.24) is 5.32 Å². The summed E-state index contributed by atoms with van der Waals surface area (Å²) < 4.78 is 5.01. The van der Waals surface area contributed by atoms with Gasteiger partial charge < -0.3 is 15.4 Å². The summed E-state index contributed by atoms with van der Waals surface area (Å²) in [5.41, 5.74) is 1.56. The zero-order valence-electron chi connectivity index (χ0n) is 11.3. The number of cyclic esters (lactones) is 1. The first-order valence-electron chi connectivity index (χ1n) is 6.19. The van der Waals surface area contributed by atoms with E-state index in [1.807, 2.05) is 38.1 Å².